The Morgan fingerprint density at radius 2 is 1.30 bits per heavy atom. The fourth-order valence-electron chi connectivity index (χ4n) is 2.22. The molecule has 0 fully saturated rings. The average Bonchev–Trinajstić information content (AvgIpc) is 3.52. The third-order valence-corrected chi connectivity index (χ3v) is 4.00. The van der Waals surface area contributed by atoms with Crippen LogP contribution >= 0.6 is 22.3 Å². The Bertz CT molecular complexity index is 760. The van der Waals surface area contributed by atoms with E-state index in [1.54, 1.807) is 37.6 Å². The number of aromatic amines is 3. The third-order valence-electron chi connectivity index (χ3n) is 3.60. The van der Waals surface area contributed by atoms with Crippen LogP contribution in [0.3, 0.4) is 0 Å². The van der Waals surface area contributed by atoms with Gasteiger partial charge in [-0.15, -0.1) is 11.6 Å². The molecule has 3 heterocycles. The number of imidazole rings is 3. The maximum Gasteiger partial charge on any atom is 0.0921 e. The van der Waals surface area contributed by atoms with E-state index in [1.807, 2.05) is 6.92 Å². The minimum Gasteiger partial charge on any atom is -0.760 e. The summed E-state index contributed by atoms with van der Waals surface area (Å²) >= 11 is 5.51. The van der Waals surface area contributed by atoms with Gasteiger partial charge in [-0.2, -0.15) is 0 Å². The van der Waals surface area contributed by atoms with Crippen LogP contribution in [0.15, 0.2) is 37.6 Å². The molecule has 0 saturated carbocycles. The van der Waals surface area contributed by atoms with Crippen LogP contribution in [0.2, 0.25) is 0 Å². The van der Waals surface area contributed by atoms with Gasteiger partial charge in [0.05, 0.1) is 25.6 Å². The summed E-state index contributed by atoms with van der Waals surface area (Å²) in [6, 6.07) is 0.0630. The molecule has 0 radical (unpaired) electrons. The number of hydrogen-bond acceptors (Lipinski definition) is 9. The SMILES string of the molecule is CC(N)Cc1cnc[nH]1.NC(CCl)Cc1cnc[nH]1.NC(CO)Cc1cnc[nH]1.O=S([O-])Cl. The second-order valence-electron chi connectivity index (χ2n) is 6.87. The van der Waals surface area contributed by atoms with Crippen molar-refractivity contribution < 1.29 is 13.9 Å². The normalized spacial score (nSPS) is 13.7. The van der Waals surface area contributed by atoms with Crippen molar-refractivity contribution in [3.63, 3.8) is 0 Å². The summed E-state index contributed by atoms with van der Waals surface area (Å²) in [6.45, 7) is 1.99. The number of alkyl halides is 1. The Kier molecular flexibility index (Phi) is 18.5. The second kappa shape index (κ2) is 19.6. The number of H-pyrrole nitrogens is 3. The number of hydrogen-bond donors (Lipinski definition) is 7. The maximum absolute atomic E-state index is 8.77. The molecule has 3 rings (SSSR count). The number of aliphatic hydroxyl groups excluding tert-OH is 1. The zero-order valence-corrected chi connectivity index (χ0v) is 20.6. The number of halogens is 2. The molecule has 33 heavy (non-hydrogen) atoms. The zero-order valence-electron chi connectivity index (χ0n) is 18.2. The fraction of sp³-hybridized carbons (Fsp3) is 0.500. The van der Waals surface area contributed by atoms with Gasteiger partial charge in [-0.3, -0.25) is 4.21 Å². The molecule has 10 N–H and O–H groups in total. The van der Waals surface area contributed by atoms with Gasteiger partial charge in [-0.1, -0.05) is 0 Å². The molecule has 0 aliphatic heterocycles. The molecular weight excluding hydrogens is 493 g/mol. The van der Waals surface area contributed by atoms with Crippen molar-refractivity contribution in [3.05, 3.63) is 54.7 Å². The number of aromatic nitrogens is 6. The molecule has 0 aliphatic carbocycles. The Hall–Kier alpha value is -1.84. The molecule has 3 aromatic heterocycles. The molecular formula is C18H32Cl2N9O3S-. The van der Waals surface area contributed by atoms with E-state index in [4.69, 9.17) is 42.7 Å². The molecule has 0 spiro atoms. The van der Waals surface area contributed by atoms with Crippen molar-refractivity contribution in [2.45, 2.75) is 44.3 Å². The quantitative estimate of drug-likeness (QED) is 0.120. The minimum absolute atomic E-state index is 0.0129. The van der Waals surface area contributed by atoms with E-state index < -0.39 is 10.3 Å². The van der Waals surface area contributed by atoms with Gasteiger partial charge in [-0.05, 0) is 17.6 Å². The van der Waals surface area contributed by atoms with Crippen LogP contribution in [0.1, 0.15) is 24.0 Å². The Labute approximate surface area is 204 Å². The summed E-state index contributed by atoms with van der Waals surface area (Å²) in [5, 5.41) is 8.57. The van der Waals surface area contributed by atoms with Crippen LogP contribution in [-0.2, 0) is 29.6 Å². The molecule has 4 unspecified atom stereocenters. The third kappa shape index (κ3) is 19.3. The predicted molar refractivity (Wildman–Crippen MR) is 129 cm³/mol. The first-order valence-corrected chi connectivity index (χ1v) is 12.2. The van der Waals surface area contributed by atoms with E-state index in [1.165, 1.54) is 0 Å². The summed E-state index contributed by atoms with van der Waals surface area (Å²) in [6.07, 6.45) is 12.4. The average molecular weight is 525 g/mol. The van der Waals surface area contributed by atoms with Crippen molar-refractivity contribution in [1.29, 1.82) is 0 Å². The van der Waals surface area contributed by atoms with Crippen LogP contribution in [0, 0.1) is 0 Å². The molecule has 188 valence electrons. The fourth-order valence-corrected chi connectivity index (χ4v) is 2.33. The number of aliphatic hydroxyl groups is 1. The van der Waals surface area contributed by atoms with Crippen LogP contribution in [0.5, 0.6) is 0 Å². The summed E-state index contributed by atoms with van der Waals surface area (Å²) in [5.41, 5.74) is 19.7. The highest BCUT2D eigenvalue weighted by Gasteiger charge is 2.02. The first-order valence-electron chi connectivity index (χ1n) is 9.78. The van der Waals surface area contributed by atoms with Gasteiger partial charge in [0.1, 0.15) is 0 Å². The predicted octanol–water partition coefficient (Wildman–Crippen LogP) is 0.109. The maximum atomic E-state index is 8.77. The molecule has 0 amide bonds. The van der Waals surface area contributed by atoms with Gasteiger partial charge in [0.15, 0.2) is 0 Å². The first kappa shape index (κ1) is 31.2. The highest BCUT2D eigenvalue weighted by Crippen LogP contribution is 1.97. The van der Waals surface area contributed by atoms with Crippen LogP contribution in [0.4, 0.5) is 0 Å². The molecule has 0 aliphatic rings. The molecule has 3 aromatic rings. The van der Waals surface area contributed by atoms with Gasteiger partial charge in [0.25, 0.3) is 0 Å². The highest BCUT2D eigenvalue weighted by molar-refractivity contribution is 8.03. The minimum atomic E-state index is -2.39. The Morgan fingerprint density at radius 3 is 1.58 bits per heavy atom. The molecule has 4 atom stereocenters. The van der Waals surface area contributed by atoms with Crippen molar-refractivity contribution in [1.82, 2.24) is 29.9 Å². The standard InChI is InChI=1S/C6H10ClN3.C6H11N3O.C6H11N3.ClHO2S/c7-2-5(8)1-6-3-9-4-10-6;7-5(3-10)1-6-2-8-4-9-6;1-5(7)2-6-3-8-4-9-6;1-4(2)3/h3-5H,1-2,8H2,(H,9,10);2,4-5,10H,1,3,7H2,(H,8,9);3-5H,2,7H2,1H3,(H,8,9);(H,2,3)/p-1. The monoisotopic (exact) mass is 524 g/mol. The van der Waals surface area contributed by atoms with E-state index in [0.29, 0.717) is 12.3 Å². The summed E-state index contributed by atoms with van der Waals surface area (Å²) in [5.74, 6) is 0.485. The van der Waals surface area contributed by atoms with Crippen molar-refractivity contribution in [3.8, 4) is 0 Å². The lowest BCUT2D eigenvalue weighted by molar-refractivity contribution is 0.264. The van der Waals surface area contributed by atoms with E-state index in [9.17, 15) is 0 Å². The van der Waals surface area contributed by atoms with E-state index in [2.05, 4.69) is 40.6 Å². The van der Waals surface area contributed by atoms with Crippen LogP contribution in [-0.4, -0.2) is 74.4 Å². The zero-order chi connectivity index (χ0) is 25.1. The number of nitrogens with two attached hydrogens (primary N) is 3. The Balaban J connectivity index is 0.000000431. The molecule has 0 bridgehead atoms. The van der Waals surface area contributed by atoms with Gasteiger partial charge in [-0.25, -0.2) is 15.0 Å². The lowest BCUT2D eigenvalue weighted by Gasteiger charge is -2.03. The number of rotatable bonds is 8. The number of nitrogens with zero attached hydrogens (tertiary/aromatic N) is 3. The van der Waals surface area contributed by atoms with Crippen molar-refractivity contribution in [2.24, 2.45) is 17.2 Å². The molecule has 0 saturated heterocycles. The summed E-state index contributed by atoms with van der Waals surface area (Å²) < 4.78 is 17.5. The van der Waals surface area contributed by atoms with Gasteiger partial charge in [0, 0.05) is 89.2 Å². The summed E-state index contributed by atoms with van der Waals surface area (Å²) in [7, 11) is 1.80. The topological polar surface area (TPSA) is 224 Å². The highest BCUT2D eigenvalue weighted by atomic mass is 35.7. The van der Waals surface area contributed by atoms with E-state index in [0.717, 1.165) is 29.9 Å². The lowest BCUT2D eigenvalue weighted by atomic mass is 10.2. The lowest BCUT2D eigenvalue weighted by Crippen LogP contribution is -2.26. The van der Waals surface area contributed by atoms with E-state index in [-0.39, 0.29) is 24.7 Å². The van der Waals surface area contributed by atoms with Crippen molar-refractivity contribution >= 4 is 32.6 Å². The van der Waals surface area contributed by atoms with E-state index >= 15 is 0 Å². The van der Waals surface area contributed by atoms with Gasteiger partial charge >= 0.3 is 0 Å². The molecule has 12 nitrogen and oxygen atoms in total. The van der Waals surface area contributed by atoms with Crippen LogP contribution in [0.25, 0.3) is 0 Å². The second-order valence-corrected chi connectivity index (χ2v) is 8.32. The first-order chi connectivity index (χ1) is 15.7. The van der Waals surface area contributed by atoms with Crippen LogP contribution < -0.4 is 17.2 Å². The molecule has 0 aromatic carbocycles. The Morgan fingerprint density at radius 1 is 0.939 bits per heavy atom. The summed E-state index contributed by atoms with van der Waals surface area (Å²) in [4.78, 5) is 20.4. The van der Waals surface area contributed by atoms with Crippen molar-refractivity contribution in [2.75, 3.05) is 12.5 Å². The number of nitrogens with one attached hydrogen (secondary N) is 3. The molecule has 15 heteroatoms. The van der Waals surface area contributed by atoms with Gasteiger partial charge in [0.2, 0.25) is 0 Å². The largest absolute Gasteiger partial charge is 0.760 e. The van der Waals surface area contributed by atoms with Gasteiger partial charge < -0.3 is 41.8 Å². The smallest absolute Gasteiger partial charge is 0.0921 e.